The molecule has 2 heterocycles. The van der Waals surface area contributed by atoms with Crippen molar-refractivity contribution in [3.8, 4) is 5.82 Å². The highest BCUT2D eigenvalue weighted by Crippen LogP contribution is 2.11. The Hall–Kier alpha value is -2.24. The molecule has 2 rings (SSSR count). The van der Waals surface area contributed by atoms with Crippen molar-refractivity contribution in [3.63, 3.8) is 0 Å². The fourth-order valence-corrected chi connectivity index (χ4v) is 1.52. The van der Waals surface area contributed by atoms with Crippen LogP contribution in [-0.2, 0) is 6.42 Å². The summed E-state index contributed by atoms with van der Waals surface area (Å²) in [6, 6.07) is 3.07. The van der Waals surface area contributed by atoms with E-state index in [0.29, 0.717) is 5.82 Å². The number of hydrogen-bond donors (Lipinski definition) is 1. The molecular weight excluding hydrogens is 220 g/mol. The highest BCUT2D eigenvalue weighted by molar-refractivity contribution is 5.88. The lowest BCUT2D eigenvalue weighted by molar-refractivity contribution is 0.0696. The topological polar surface area (TPSA) is 80.9 Å². The second-order valence-corrected chi connectivity index (χ2v) is 3.60. The molecule has 6 heteroatoms. The molecule has 0 unspecified atom stereocenters. The Kier molecular flexibility index (Phi) is 3.13. The number of carbonyl (C=O) groups is 1. The summed E-state index contributed by atoms with van der Waals surface area (Å²) in [6.07, 6.45) is 4.52. The zero-order chi connectivity index (χ0) is 12.3. The second kappa shape index (κ2) is 4.73. The Morgan fingerprint density at radius 3 is 2.88 bits per heavy atom. The van der Waals surface area contributed by atoms with Crippen molar-refractivity contribution in [1.29, 1.82) is 0 Å². The van der Waals surface area contributed by atoms with Crippen LogP contribution >= 0.6 is 0 Å². The molecule has 2 aromatic heterocycles. The first-order valence-electron chi connectivity index (χ1n) is 5.30. The van der Waals surface area contributed by atoms with Crippen LogP contribution in [0.3, 0.4) is 0 Å². The van der Waals surface area contributed by atoms with Crippen molar-refractivity contribution < 1.29 is 9.90 Å². The summed E-state index contributed by atoms with van der Waals surface area (Å²) in [6.45, 7) is 2.02. The third-order valence-electron chi connectivity index (χ3n) is 2.27. The molecule has 0 atom stereocenters. The molecule has 0 bridgehead atoms. The molecule has 0 saturated heterocycles. The van der Waals surface area contributed by atoms with Crippen molar-refractivity contribution in [1.82, 2.24) is 19.7 Å². The molecule has 2 aromatic rings. The fraction of sp³-hybridized carbons (Fsp3) is 0.273. The molecule has 0 aliphatic heterocycles. The number of carboxylic acid groups (broad SMARTS) is 1. The molecule has 0 fully saturated rings. The van der Waals surface area contributed by atoms with E-state index in [2.05, 4.69) is 15.1 Å². The maximum atomic E-state index is 11.0. The van der Waals surface area contributed by atoms with Gasteiger partial charge in [-0.25, -0.2) is 19.4 Å². The SMILES string of the molecule is CCCc1cc(C(=O)O)cc(-n2cncn2)n1. The molecule has 0 saturated carbocycles. The molecule has 0 aromatic carbocycles. The van der Waals surface area contributed by atoms with Crippen LogP contribution in [0, 0.1) is 0 Å². The van der Waals surface area contributed by atoms with Crippen molar-refractivity contribution in [3.05, 3.63) is 36.0 Å². The molecule has 1 N–H and O–H groups in total. The van der Waals surface area contributed by atoms with Gasteiger partial charge in [0.1, 0.15) is 12.7 Å². The highest BCUT2D eigenvalue weighted by Gasteiger charge is 2.09. The van der Waals surface area contributed by atoms with Crippen molar-refractivity contribution in [2.24, 2.45) is 0 Å². The van der Waals surface area contributed by atoms with Crippen LogP contribution in [0.5, 0.6) is 0 Å². The van der Waals surface area contributed by atoms with Gasteiger partial charge in [0.05, 0.1) is 5.56 Å². The molecule has 0 spiro atoms. The van der Waals surface area contributed by atoms with Gasteiger partial charge in [0, 0.05) is 5.69 Å². The van der Waals surface area contributed by atoms with Gasteiger partial charge < -0.3 is 5.11 Å². The lowest BCUT2D eigenvalue weighted by atomic mass is 10.1. The highest BCUT2D eigenvalue weighted by atomic mass is 16.4. The quantitative estimate of drug-likeness (QED) is 0.859. The summed E-state index contributed by atoms with van der Waals surface area (Å²) < 4.78 is 1.45. The number of rotatable bonds is 4. The largest absolute Gasteiger partial charge is 0.478 e. The van der Waals surface area contributed by atoms with E-state index in [-0.39, 0.29) is 5.56 Å². The first-order valence-corrected chi connectivity index (χ1v) is 5.30. The van der Waals surface area contributed by atoms with E-state index >= 15 is 0 Å². The molecule has 0 radical (unpaired) electrons. The van der Waals surface area contributed by atoms with Gasteiger partial charge in [-0.15, -0.1) is 0 Å². The van der Waals surface area contributed by atoms with E-state index in [1.165, 1.54) is 23.4 Å². The van der Waals surface area contributed by atoms with Gasteiger partial charge in [-0.3, -0.25) is 0 Å². The molecule has 0 amide bonds. The van der Waals surface area contributed by atoms with Crippen LogP contribution in [-0.4, -0.2) is 30.8 Å². The van der Waals surface area contributed by atoms with Crippen LogP contribution < -0.4 is 0 Å². The van der Waals surface area contributed by atoms with Gasteiger partial charge in [-0.1, -0.05) is 13.3 Å². The van der Waals surface area contributed by atoms with Crippen LogP contribution in [0.2, 0.25) is 0 Å². The van der Waals surface area contributed by atoms with E-state index in [0.717, 1.165) is 18.5 Å². The number of carboxylic acids is 1. The molecular formula is C11H12N4O2. The minimum absolute atomic E-state index is 0.217. The van der Waals surface area contributed by atoms with Gasteiger partial charge in [0.15, 0.2) is 5.82 Å². The minimum atomic E-state index is -0.967. The van der Waals surface area contributed by atoms with E-state index < -0.39 is 5.97 Å². The Labute approximate surface area is 98.0 Å². The zero-order valence-corrected chi connectivity index (χ0v) is 9.37. The molecule has 88 valence electrons. The van der Waals surface area contributed by atoms with Gasteiger partial charge >= 0.3 is 5.97 Å². The standard InChI is InChI=1S/C11H12N4O2/c1-2-3-9-4-8(11(16)17)5-10(14-9)15-7-12-6-13-15/h4-7H,2-3H2,1H3,(H,16,17). The predicted octanol–water partition coefficient (Wildman–Crippen LogP) is 1.31. The molecule has 17 heavy (non-hydrogen) atoms. The monoisotopic (exact) mass is 232 g/mol. The number of aromatic nitrogens is 4. The Morgan fingerprint density at radius 1 is 1.47 bits per heavy atom. The number of nitrogens with zero attached hydrogens (tertiary/aromatic N) is 4. The zero-order valence-electron chi connectivity index (χ0n) is 9.37. The van der Waals surface area contributed by atoms with E-state index in [9.17, 15) is 4.79 Å². The number of pyridine rings is 1. The third kappa shape index (κ3) is 2.47. The molecule has 0 aliphatic carbocycles. The number of aryl methyl sites for hydroxylation is 1. The van der Waals surface area contributed by atoms with E-state index in [1.54, 1.807) is 6.07 Å². The first-order chi connectivity index (χ1) is 8.20. The van der Waals surface area contributed by atoms with Crippen molar-refractivity contribution in [2.45, 2.75) is 19.8 Å². The van der Waals surface area contributed by atoms with Crippen molar-refractivity contribution in [2.75, 3.05) is 0 Å². The fourth-order valence-electron chi connectivity index (χ4n) is 1.52. The number of aromatic carboxylic acids is 1. The lowest BCUT2D eigenvalue weighted by Crippen LogP contribution is -2.06. The van der Waals surface area contributed by atoms with Gasteiger partial charge in [-0.2, -0.15) is 5.10 Å². The van der Waals surface area contributed by atoms with Gasteiger partial charge in [-0.05, 0) is 18.6 Å². The Bertz CT molecular complexity index is 522. The maximum absolute atomic E-state index is 11.0. The number of hydrogen-bond acceptors (Lipinski definition) is 4. The van der Waals surface area contributed by atoms with Crippen LogP contribution in [0.4, 0.5) is 0 Å². The average Bonchev–Trinajstić information content (AvgIpc) is 2.82. The first kappa shape index (κ1) is 11.3. The normalized spacial score (nSPS) is 10.4. The maximum Gasteiger partial charge on any atom is 0.335 e. The lowest BCUT2D eigenvalue weighted by Gasteiger charge is -2.05. The third-order valence-corrected chi connectivity index (χ3v) is 2.27. The summed E-state index contributed by atoms with van der Waals surface area (Å²) in [5.74, 6) is -0.489. The van der Waals surface area contributed by atoms with E-state index in [4.69, 9.17) is 5.11 Å². The smallest absolute Gasteiger partial charge is 0.335 e. The van der Waals surface area contributed by atoms with Crippen LogP contribution in [0.1, 0.15) is 29.4 Å². The van der Waals surface area contributed by atoms with Crippen LogP contribution in [0.25, 0.3) is 5.82 Å². The summed E-state index contributed by atoms with van der Waals surface area (Å²) in [5, 5.41) is 13.0. The molecule has 6 nitrogen and oxygen atoms in total. The van der Waals surface area contributed by atoms with Gasteiger partial charge in [0.2, 0.25) is 0 Å². The second-order valence-electron chi connectivity index (χ2n) is 3.60. The summed E-state index contributed by atoms with van der Waals surface area (Å²) >= 11 is 0. The van der Waals surface area contributed by atoms with E-state index in [1.807, 2.05) is 6.92 Å². The summed E-state index contributed by atoms with van der Waals surface area (Å²) in [5.41, 5.74) is 0.965. The minimum Gasteiger partial charge on any atom is -0.478 e. The van der Waals surface area contributed by atoms with Gasteiger partial charge in [0.25, 0.3) is 0 Å². The Balaban J connectivity index is 2.48. The molecule has 0 aliphatic rings. The predicted molar refractivity (Wildman–Crippen MR) is 60.1 cm³/mol. The summed E-state index contributed by atoms with van der Waals surface area (Å²) in [7, 11) is 0. The average molecular weight is 232 g/mol. The van der Waals surface area contributed by atoms with Crippen molar-refractivity contribution >= 4 is 5.97 Å². The Morgan fingerprint density at radius 2 is 2.29 bits per heavy atom. The summed E-state index contributed by atoms with van der Waals surface area (Å²) in [4.78, 5) is 19.2. The van der Waals surface area contributed by atoms with Crippen LogP contribution in [0.15, 0.2) is 24.8 Å².